The molecule has 0 bridgehead atoms. The van der Waals surface area contributed by atoms with Gasteiger partial charge in [0.15, 0.2) is 0 Å². The van der Waals surface area contributed by atoms with Gasteiger partial charge >= 0.3 is 6.36 Å². The number of aliphatic hydroxyl groups is 1. The second-order valence-corrected chi connectivity index (χ2v) is 7.52. The van der Waals surface area contributed by atoms with Gasteiger partial charge in [-0.15, -0.1) is 13.2 Å². The van der Waals surface area contributed by atoms with E-state index in [9.17, 15) is 18.3 Å². The molecule has 3 N–H and O–H groups in total. The van der Waals surface area contributed by atoms with Crippen LogP contribution in [0.4, 0.5) is 30.6 Å². The molecular formula is C22H24F3N5O2. The Bertz CT molecular complexity index is 1050. The molecule has 0 amide bonds. The van der Waals surface area contributed by atoms with Crippen LogP contribution in [0.1, 0.15) is 19.4 Å². The van der Waals surface area contributed by atoms with E-state index >= 15 is 0 Å². The van der Waals surface area contributed by atoms with Crippen LogP contribution in [0, 0.1) is 12.8 Å². The maximum Gasteiger partial charge on any atom is 0.573 e. The largest absolute Gasteiger partial charge is 0.573 e. The average molecular weight is 447 g/mol. The van der Waals surface area contributed by atoms with Crippen molar-refractivity contribution in [1.29, 1.82) is 0 Å². The van der Waals surface area contributed by atoms with Gasteiger partial charge in [-0.3, -0.25) is 4.98 Å². The first-order chi connectivity index (χ1) is 15.1. The van der Waals surface area contributed by atoms with Crippen molar-refractivity contribution in [2.24, 2.45) is 5.92 Å². The first-order valence-electron chi connectivity index (χ1n) is 9.95. The van der Waals surface area contributed by atoms with Crippen molar-refractivity contribution < 1.29 is 23.0 Å². The minimum absolute atomic E-state index is 0.0942. The van der Waals surface area contributed by atoms with Crippen molar-refractivity contribution in [3.63, 3.8) is 0 Å². The van der Waals surface area contributed by atoms with Gasteiger partial charge in [0.25, 0.3) is 0 Å². The molecule has 0 aliphatic carbocycles. The van der Waals surface area contributed by atoms with Crippen molar-refractivity contribution >= 4 is 17.5 Å². The van der Waals surface area contributed by atoms with E-state index in [2.05, 4.69) is 30.3 Å². The minimum atomic E-state index is -4.76. The highest BCUT2D eigenvalue weighted by atomic mass is 19.4. The zero-order valence-corrected chi connectivity index (χ0v) is 17.8. The third kappa shape index (κ3) is 6.30. The number of hydrogen-bond donors (Lipinski definition) is 3. The fourth-order valence-corrected chi connectivity index (χ4v) is 2.95. The van der Waals surface area contributed by atoms with Gasteiger partial charge in [0.1, 0.15) is 11.6 Å². The number of rotatable bonds is 8. The number of pyridine rings is 1. The van der Waals surface area contributed by atoms with E-state index in [1.165, 1.54) is 18.2 Å². The molecule has 10 heteroatoms. The van der Waals surface area contributed by atoms with Crippen molar-refractivity contribution in [1.82, 2.24) is 15.0 Å². The second kappa shape index (κ2) is 9.82. The number of nitrogens with zero attached hydrogens (tertiary/aromatic N) is 3. The van der Waals surface area contributed by atoms with Gasteiger partial charge in [0.2, 0.25) is 5.95 Å². The van der Waals surface area contributed by atoms with Crippen LogP contribution >= 0.6 is 0 Å². The Morgan fingerprint density at radius 2 is 1.78 bits per heavy atom. The Labute approximate surface area is 183 Å². The number of hydrogen-bond acceptors (Lipinski definition) is 7. The summed E-state index contributed by atoms with van der Waals surface area (Å²) in [4.78, 5) is 13.0. The molecule has 1 atom stereocenters. The first-order valence-corrected chi connectivity index (χ1v) is 9.95. The summed E-state index contributed by atoms with van der Waals surface area (Å²) in [5.74, 6) is 0.574. The third-order valence-corrected chi connectivity index (χ3v) is 4.71. The van der Waals surface area contributed by atoms with Crippen molar-refractivity contribution in [2.45, 2.75) is 33.2 Å². The molecule has 2 heterocycles. The lowest BCUT2D eigenvalue weighted by Crippen LogP contribution is -2.30. The topological polar surface area (TPSA) is 92.2 Å². The number of aryl methyl sites for hydroxylation is 1. The zero-order valence-electron chi connectivity index (χ0n) is 17.8. The van der Waals surface area contributed by atoms with Gasteiger partial charge in [-0.05, 0) is 48.7 Å². The van der Waals surface area contributed by atoms with Crippen molar-refractivity contribution in [3.8, 4) is 17.0 Å². The maximum atomic E-state index is 12.5. The number of ether oxygens (including phenoxy) is 1. The van der Waals surface area contributed by atoms with Crippen molar-refractivity contribution in [2.75, 3.05) is 17.2 Å². The molecule has 0 saturated heterocycles. The molecule has 0 aliphatic rings. The molecule has 2 aromatic heterocycles. The molecule has 3 rings (SSSR count). The van der Waals surface area contributed by atoms with E-state index in [4.69, 9.17) is 0 Å². The average Bonchev–Trinajstić information content (AvgIpc) is 2.73. The quantitative estimate of drug-likeness (QED) is 0.451. The van der Waals surface area contributed by atoms with Gasteiger partial charge in [-0.1, -0.05) is 13.8 Å². The van der Waals surface area contributed by atoms with Crippen LogP contribution in [0.3, 0.4) is 0 Å². The Morgan fingerprint density at radius 3 is 2.38 bits per heavy atom. The monoisotopic (exact) mass is 447 g/mol. The molecule has 0 aliphatic heterocycles. The van der Waals surface area contributed by atoms with Crippen LogP contribution in [0.5, 0.6) is 5.75 Å². The van der Waals surface area contributed by atoms with E-state index in [1.54, 1.807) is 37.5 Å². The molecule has 0 unspecified atom stereocenters. The molecule has 0 fully saturated rings. The highest BCUT2D eigenvalue weighted by Gasteiger charge is 2.31. The molecule has 3 aromatic rings. The summed E-state index contributed by atoms with van der Waals surface area (Å²) in [5.41, 5.74) is 2.53. The molecule has 32 heavy (non-hydrogen) atoms. The van der Waals surface area contributed by atoms with Crippen LogP contribution in [-0.2, 0) is 0 Å². The lowest BCUT2D eigenvalue weighted by Gasteiger charge is -2.21. The predicted molar refractivity (Wildman–Crippen MR) is 116 cm³/mol. The molecular weight excluding hydrogens is 423 g/mol. The van der Waals surface area contributed by atoms with E-state index < -0.39 is 6.36 Å². The second-order valence-electron chi connectivity index (χ2n) is 7.52. The molecule has 0 saturated carbocycles. The Kier molecular flexibility index (Phi) is 7.14. The molecule has 7 nitrogen and oxygen atoms in total. The van der Waals surface area contributed by atoms with E-state index in [0.29, 0.717) is 28.7 Å². The SMILES string of the molecule is Cc1cc(OC(F)(F)F)ccc1Nc1cc(-c2ccncc2)nc(N[C@H](CO)C(C)C)n1. The summed E-state index contributed by atoms with van der Waals surface area (Å²) in [6, 6.07) is 9.09. The summed E-state index contributed by atoms with van der Waals surface area (Å²) >= 11 is 0. The summed E-state index contributed by atoms with van der Waals surface area (Å²) in [5, 5.41) is 15.9. The number of aromatic nitrogens is 3. The highest BCUT2D eigenvalue weighted by Crippen LogP contribution is 2.29. The molecule has 0 spiro atoms. The number of benzene rings is 1. The first kappa shape index (κ1) is 23.3. The summed E-state index contributed by atoms with van der Waals surface area (Å²) in [7, 11) is 0. The fourth-order valence-electron chi connectivity index (χ4n) is 2.95. The maximum absolute atomic E-state index is 12.5. The number of halogens is 3. The third-order valence-electron chi connectivity index (χ3n) is 4.71. The lowest BCUT2D eigenvalue weighted by molar-refractivity contribution is -0.274. The molecule has 1 aromatic carbocycles. The molecule has 0 radical (unpaired) electrons. The predicted octanol–water partition coefficient (Wildman–Crippen LogP) is 4.92. The van der Waals surface area contributed by atoms with Crippen LogP contribution in [0.2, 0.25) is 0 Å². The summed E-state index contributed by atoms with van der Waals surface area (Å²) in [6.07, 6.45) is -1.47. The number of anilines is 3. The van der Waals surface area contributed by atoms with E-state index in [-0.39, 0.29) is 24.3 Å². The van der Waals surface area contributed by atoms with Crippen molar-refractivity contribution in [3.05, 3.63) is 54.4 Å². The van der Waals surface area contributed by atoms with E-state index in [0.717, 1.165) is 5.56 Å². The van der Waals surface area contributed by atoms with Gasteiger partial charge in [-0.25, -0.2) is 4.98 Å². The number of alkyl halides is 3. The van der Waals surface area contributed by atoms with Crippen LogP contribution in [0.25, 0.3) is 11.3 Å². The smallest absolute Gasteiger partial charge is 0.406 e. The Hall–Kier alpha value is -3.40. The summed E-state index contributed by atoms with van der Waals surface area (Å²) in [6.45, 7) is 5.50. The fraction of sp³-hybridized carbons (Fsp3) is 0.318. The number of nitrogens with one attached hydrogen (secondary N) is 2. The van der Waals surface area contributed by atoms with Crippen LogP contribution in [0.15, 0.2) is 48.8 Å². The Morgan fingerprint density at radius 1 is 1.06 bits per heavy atom. The standard InChI is InChI=1S/C22H24F3N5O2/c1-13(2)19(12-31)29-21-28-18(15-6-8-26-9-7-15)11-20(30-21)27-17-5-4-16(10-14(17)3)32-22(23,24)25/h4-11,13,19,31H,12H2,1-3H3,(H2,27,28,29,30)/t19-/m1/s1. The normalized spacial score (nSPS) is 12.5. The summed E-state index contributed by atoms with van der Waals surface area (Å²) < 4.78 is 41.4. The zero-order chi connectivity index (χ0) is 23.3. The molecule has 170 valence electrons. The highest BCUT2D eigenvalue weighted by molar-refractivity contribution is 5.68. The minimum Gasteiger partial charge on any atom is -0.406 e. The van der Waals surface area contributed by atoms with Crippen LogP contribution < -0.4 is 15.4 Å². The van der Waals surface area contributed by atoms with Gasteiger partial charge < -0.3 is 20.5 Å². The van der Waals surface area contributed by atoms with Gasteiger partial charge in [0, 0.05) is 29.7 Å². The Balaban J connectivity index is 1.94. The van der Waals surface area contributed by atoms with Gasteiger partial charge in [0.05, 0.1) is 18.3 Å². The number of aliphatic hydroxyl groups excluding tert-OH is 1. The lowest BCUT2D eigenvalue weighted by atomic mass is 10.1. The van der Waals surface area contributed by atoms with Crippen LogP contribution in [-0.4, -0.2) is 39.1 Å². The van der Waals surface area contributed by atoms with Gasteiger partial charge in [-0.2, -0.15) is 4.98 Å². The van der Waals surface area contributed by atoms with E-state index in [1.807, 2.05) is 13.8 Å².